The predicted molar refractivity (Wildman–Crippen MR) is 73.8 cm³/mol. The van der Waals surface area contributed by atoms with Gasteiger partial charge in [-0.3, -0.25) is 0 Å². The summed E-state index contributed by atoms with van der Waals surface area (Å²) in [6.07, 6.45) is 0. The first-order chi connectivity index (χ1) is 8.63. The maximum absolute atomic E-state index is 5.54. The molecule has 100 valence electrons. The van der Waals surface area contributed by atoms with E-state index in [-0.39, 0.29) is 4.99 Å². The second kappa shape index (κ2) is 7.91. The number of rotatable bonds is 8. The number of nitrogens with zero attached hydrogens (tertiary/aromatic N) is 2. The molecular weight excluding hydrogens is 252 g/mol. The average Bonchev–Trinajstić information content (AvgIpc) is 2.33. The number of nitrogens with two attached hydrogens (primary N) is 1. The van der Waals surface area contributed by atoms with Crippen molar-refractivity contribution < 1.29 is 9.47 Å². The standard InChI is InChI=1S/C11H18N4O2S/c1-8-7-9(10(12)18)15-11(14-8)13-3-4-17-6-5-16-2/h7H,3-6H2,1-2H3,(H2,12,18)(H,13,14,15). The maximum Gasteiger partial charge on any atom is 0.223 e. The van der Waals surface area contributed by atoms with Crippen LogP contribution in [-0.4, -0.2) is 48.4 Å². The van der Waals surface area contributed by atoms with E-state index in [0.29, 0.717) is 38.0 Å². The highest BCUT2D eigenvalue weighted by molar-refractivity contribution is 7.80. The van der Waals surface area contributed by atoms with E-state index in [4.69, 9.17) is 27.4 Å². The lowest BCUT2D eigenvalue weighted by Gasteiger charge is -2.08. The number of thiocarbonyl (C=S) groups is 1. The molecule has 0 saturated carbocycles. The summed E-state index contributed by atoms with van der Waals surface area (Å²) < 4.78 is 10.2. The van der Waals surface area contributed by atoms with Gasteiger partial charge in [-0.05, 0) is 13.0 Å². The fourth-order valence-electron chi connectivity index (χ4n) is 1.25. The molecule has 0 spiro atoms. The van der Waals surface area contributed by atoms with Crippen molar-refractivity contribution in [2.45, 2.75) is 6.92 Å². The van der Waals surface area contributed by atoms with E-state index < -0.39 is 0 Å². The summed E-state index contributed by atoms with van der Waals surface area (Å²) in [7, 11) is 1.64. The normalized spacial score (nSPS) is 10.3. The van der Waals surface area contributed by atoms with Gasteiger partial charge in [-0.2, -0.15) is 0 Å². The molecule has 7 heteroatoms. The van der Waals surface area contributed by atoms with Gasteiger partial charge < -0.3 is 20.5 Å². The van der Waals surface area contributed by atoms with E-state index in [1.165, 1.54) is 0 Å². The zero-order valence-corrected chi connectivity index (χ0v) is 11.4. The molecule has 1 heterocycles. The molecule has 0 atom stereocenters. The van der Waals surface area contributed by atoms with Crippen molar-refractivity contribution in [3.8, 4) is 0 Å². The number of anilines is 1. The van der Waals surface area contributed by atoms with E-state index >= 15 is 0 Å². The van der Waals surface area contributed by atoms with Gasteiger partial charge in [0.05, 0.1) is 19.8 Å². The lowest BCUT2D eigenvalue weighted by molar-refractivity contribution is 0.0759. The minimum Gasteiger partial charge on any atom is -0.388 e. The van der Waals surface area contributed by atoms with Crippen molar-refractivity contribution in [1.82, 2.24) is 9.97 Å². The topological polar surface area (TPSA) is 82.3 Å². The number of ether oxygens (including phenoxy) is 2. The van der Waals surface area contributed by atoms with Gasteiger partial charge in [-0.25, -0.2) is 9.97 Å². The molecule has 3 N–H and O–H groups in total. The Kier molecular flexibility index (Phi) is 6.48. The molecule has 0 unspecified atom stereocenters. The number of aromatic nitrogens is 2. The predicted octanol–water partition coefficient (Wildman–Crippen LogP) is 0.494. The van der Waals surface area contributed by atoms with Crippen LogP contribution in [0.1, 0.15) is 11.4 Å². The van der Waals surface area contributed by atoms with Crippen molar-refractivity contribution in [2.75, 3.05) is 38.8 Å². The third-order valence-electron chi connectivity index (χ3n) is 2.07. The Morgan fingerprint density at radius 1 is 1.39 bits per heavy atom. The monoisotopic (exact) mass is 270 g/mol. The zero-order valence-electron chi connectivity index (χ0n) is 10.6. The highest BCUT2D eigenvalue weighted by atomic mass is 32.1. The lowest BCUT2D eigenvalue weighted by Crippen LogP contribution is -2.17. The largest absolute Gasteiger partial charge is 0.388 e. The van der Waals surface area contributed by atoms with Crippen LogP contribution in [0.5, 0.6) is 0 Å². The van der Waals surface area contributed by atoms with E-state index in [1.54, 1.807) is 13.2 Å². The Morgan fingerprint density at radius 2 is 2.17 bits per heavy atom. The first-order valence-corrected chi connectivity index (χ1v) is 6.00. The van der Waals surface area contributed by atoms with Gasteiger partial charge in [0.25, 0.3) is 0 Å². The highest BCUT2D eigenvalue weighted by Gasteiger charge is 2.03. The molecule has 0 aliphatic heterocycles. The van der Waals surface area contributed by atoms with Crippen LogP contribution >= 0.6 is 12.2 Å². The number of hydrogen-bond donors (Lipinski definition) is 2. The first-order valence-electron chi connectivity index (χ1n) is 5.59. The Hall–Kier alpha value is -1.31. The molecule has 0 aliphatic rings. The molecule has 1 rings (SSSR count). The van der Waals surface area contributed by atoms with Gasteiger partial charge >= 0.3 is 0 Å². The van der Waals surface area contributed by atoms with Gasteiger partial charge in [0.1, 0.15) is 10.7 Å². The van der Waals surface area contributed by atoms with Gasteiger partial charge in [-0.15, -0.1) is 0 Å². The van der Waals surface area contributed by atoms with Gasteiger partial charge in [0, 0.05) is 19.3 Å². The van der Waals surface area contributed by atoms with Crippen LogP contribution in [0, 0.1) is 6.92 Å². The van der Waals surface area contributed by atoms with Crippen LogP contribution in [0.2, 0.25) is 0 Å². The summed E-state index contributed by atoms with van der Waals surface area (Å²) in [4.78, 5) is 8.69. The van der Waals surface area contributed by atoms with Crippen molar-refractivity contribution in [3.05, 3.63) is 17.5 Å². The molecular formula is C11H18N4O2S. The quantitative estimate of drug-likeness (QED) is 0.525. The van der Waals surface area contributed by atoms with E-state index in [1.807, 2.05) is 6.92 Å². The van der Waals surface area contributed by atoms with E-state index in [0.717, 1.165) is 5.69 Å². The van der Waals surface area contributed by atoms with Crippen LogP contribution in [0.3, 0.4) is 0 Å². The minimum absolute atomic E-state index is 0.264. The molecule has 1 aromatic heterocycles. The summed E-state index contributed by atoms with van der Waals surface area (Å²) in [5.74, 6) is 0.508. The van der Waals surface area contributed by atoms with Gasteiger partial charge in [0.2, 0.25) is 5.95 Å². The Balaban J connectivity index is 2.40. The Bertz CT molecular complexity index is 401. The van der Waals surface area contributed by atoms with Crippen LogP contribution in [0.25, 0.3) is 0 Å². The molecule has 18 heavy (non-hydrogen) atoms. The van der Waals surface area contributed by atoms with Crippen LogP contribution in [0.4, 0.5) is 5.95 Å². The Labute approximate surface area is 112 Å². The van der Waals surface area contributed by atoms with Crippen LogP contribution < -0.4 is 11.1 Å². The maximum atomic E-state index is 5.54. The molecule has 0 radical (unpaired) electrons. The molecule has 0 amide bonds. The fraction of sp³-hybridized carbons (Fsp3) is 0.545. The van der Waals surface area contributed by atoms with Crippen molar-refractivity contribution in [3.63, 3.8) is 0 Å². The summed E-state index contributed by atoms with van der Waals surface area (Å²) in [5.41, 5.74) is 6.92. The van der Waals surface area contributed by atoms with E-state index in [9.17, 15) is 0 Å². The highest BCUT2D eigenvalue weighted by Crippen LogP contribution is 2.04. The Morgan fingerprint density at radius 3 is 2.83 bits per heavy atom. The summed E-state index contributed by atoms with van der Waals surface area (Å²) >= 11 is 4.89. The molecule has 0 aliphatic carbocycles. The number of methoxy groups -OCH3 is 1. The fourth-order valence-corrected chi connectivity index (χ4v) is 1.36. The third kappa shape index (κ3) is 5.35. The number of nitrogens with one attached hydrogen (secondary N) is 1. The van der Waals surface area contributed by atoms with Crippen molar-refractivity contribution >= 4 is 23.2 Å². The summed E-state index contributed by atoms with van der Waals surface area (Å²) in [5, 5.41) is 3.05. The molecule has 0 saturated heterocycles. The van der Waals surface area contributed by atoms with Gasteiger partial charge in [0.15, 0.2) is 0 Å². The smallest absolute Gasteiger partial charge is 0.223 e. The number of aryl methyl sites for hydroxylation is 1. The van der Waals surface area contributed by atoms with Crippen molar-refractivity contribution in [1.29, 1.82) is 0 Å². The van der Waals surface area contributed by atoms with Crippen LogP contribution in [0.15, 0.2) is 6.07 Å². The number of hydrogen-bond acceptors (Lipinski definition) is 6. The van der Waals surface area contributed by atoms with Gasteiger partial charge in [-0.1, -0.05) is 12.2 Å². The molecule has 0 aromatic carbocycles. The van der Waals surface area contributed by atoms with Crippen molar-refractivity contribution in [2.24, 2.45) is 5.73 Å². The second-order valence-electron chi connectivity index (χ2n) is 3.61. The summed E-state index contributed by atoms with van der Waals surface area (Å²) in [6, 6.07) is 1.75. The lowest BCUT2D eigenvalue weighted by atomic mass is 10.3. The third-order valence-corrected chi connectivity index (χ3v) is 2.28. The molecule has 6 nitrogen and oxygen atoms in total. The van der Waals surface area contributed by atoms with Crippen LogP contribution in [-0.2, 0) is 9.47 Å². The zero-order chi connectivity index (χ0) is 13.4. The minimum atomic E-state index is 0.264. The molecule has 0 fully saturated rings. The molecule has 0 bridgehead atoms. The molecule has 1 aromatic rings. The average molecular weight is 270 g/mol. The van der Waals surface area contributed by atoms with E-state index in [2.05, 4.69) is 15.3 Å². The second-order valence-corrected chi connectivity index (χ2v) is 4.05. The summed E-state index contributed by atoms with van der Waals surface area (Å²) in [6.45, 7) is 4.20. The first kappa shape index (κ1) is 14.7. The SMILES string of the molecule is COCCOCCNc1nc(C)cc(C(N)=S)n1.